The Bertz CT molecular complexity index is 146. The fourth-order valence-electron chi connectivity index (χ4n) is 0.0390. The van der Waals surface area contributed by atoms with Crippen LogP contribution in [-0.4, -0.2) is 9.49 Å². The molecule has 5 heteroatoms. The summed E-state index contributed by atoms with van der Waals surface area (Å²) < 4.78 is 6.01. The minimum absolute atomic E-state index is 0.539. The number of nitrogens with zero attached hydrogens (tertiary/aromatic N) is 1. The first-order valence-electron chi connectivity index (χ1n) is 1.26. The molecule has 2 N–H and O–H groups in total. The highest BCUT2D eigenvalue weighted by Crippen LogP contribution is 1.79. The van der Waals surface area contributed by atoms with Crippen molar-refractivity contribution in [2.45, 2.75) is 0 Å². The third-order valence-corrected chi connectivity index (χ3v) is 1.30. The quantitative estimate of drug-likeness (QED) is 0.378. The second kappa shape index (κ2) is 2.66. The van der Waals surface area contributed by atoms with Crippen molar-refractivity contribution in [2.75, 3.05) is 0 Å². The molecule has 1 atom stereocenters. The number of thiocyanates is 1. The first-order chi connectivity index (χ1) is 3.18. The summed E-state index contributed by atoms with van der Waals surface area (Å²) in [6, 6.07) is 0. The topological polar surface area (TPSA) is 67.9 Å². The van der Waals surface area contributed by atoms with Crippen LogP contribution in [0.1, 0.15) is 0 Å². The average molecular weight is 134 g/mol. The van der Waals surface area contributed by atoms with Gasteiger partial charge in [-0.2, -0.15) is 5.26 Å². The molecule has 0 saturated carbocycles. The summed E-state index contributed by atoms with van der Waals surface area (Å²) in [6.45, 7) is 0. The highest BCUT2D eigenvalue weighted by Gasteiger charge is 1.92. The Kier molecular flexibility index (Phi) is 2.48. The number of rotatable bonds is 0. The van der Waals surface area contributed by atoms with E-state index < -0.39 is 15.1 Å². The van der Waals surface area contributed by atoms with Gasteiger partial charge in [0.25, 0.3) is 0 Å². The highest BCUT2D eigenvalue weighted by atomic mass is 32.2. The van der Waals surface area contributed by atoms with Crippen molar-refractivity contribution < 1.29 is 5.11 Å². The van der Waals surface area contributed by atoms with Crippen molar-refractivity contribution in [1.29, 1.82) is 10.0 Å². The first-order valence-corrected chi connectivity index (χ1v) is 2.90. The standard InChI is InChI=1S/C2H2N2OS2/c3-1-7(4)2(5)6/h4H,(H,5,6). The first kappa shape index (κ1) is 6.53. The lowest BCUT2D eigenvalue weighted by Crippen LogP contribution is -1.95. The van der Waals surface area contributed by atoms with Crippen LogP contribution in [0.3, 0.4) is 0 Å². The van der Waals surface area contributed by atoms with Gasteiger partial charge in [-0.15, -0.1) is 0 Å². The van der Waals surface area contributed by atoms with Crippen molar-refractivity contribution in [3.05, 3.63) is 0 Å². The smallest absolute Gasteiger partial charge is 0.242 e. The lowest BCUT2D eigenvalue weighted by molar-refractivity contribution is 0.585. The molecular formula is C2H2N2OS2. The van der Waals surface area contributed by atoms with Crippen LogP contribution < -0.4 is 0 Å². The molecule has 3 nitrogen and oxygen atoms in total. The van der Waals surface area contributed by atoms with Crippen LogP contribution in [0.15, 0.2) is 0 Å². The Morgan fingerprint density at radius 2 is 2.43 bits per heavy atom. The molecule has 1 unspecified atom stereocenters. The number of aliphatic hydroxyl groups excluding tert-OH is 1. The molecule has 0 heterocycles. The van der Waals surface area contributed by atoms with Gasteiger partial charge in [0.05, 0.1) is 10.7 Å². The molecule has 0 amide bonds. The summed E-state index contributed by atoms with van der Waals surface area (Å²) >= 11 is 4.08. The van der Waals surface area contributed by atoms with E-state index in [9.17, 15) is 0 Å². The number of nitriles is 1. The molecular weight excluding hydrogens is 132 g/mol. The molecule has 0 saturated heterocycles. The van der Waals surface area contributed by atoms with E-state index >= 15 is 0 Å². The van der Waals surface area contributed by atoms with E-state index in [2.05, 4.69) is 12.2 Å². The summed E-state index contributed by atoms with van der Waals surface area (Å²) in [4.78, 5) is 0. The van der Waals surface area contributed by atoms with Crippen LogP contribution in [-0.2, 0) is 10.7 Å². The molecule has 0 aliphatic carbocycles. The number of hydrogen-bond donors (Lipinski definition) is 2. The number of thiocarbonyl (C=S) groups is 1. The molecule has 0 aliphatic rings. The van der Waals surface area contributed by atoms with Crippen molar-refractivity contribution in [2.24, 2.45) is 0 Å². The fourth-order valence-corrected chi connectivity index (χ4v) is 0.229. The summed E-state index contributed by atoms with van der Waals surface area (Å²) in [7, 11) is -1.49. The van der Waals surface area contributed by atoms with Crippen LogP contribution in [0, 0.1) is 15.4 Å². The third kappa shape index (κ3) is 2.25. The van der Waals surface area contributed by atoms with E-state index in [0.717, 1.165) is 0 Å². The normalized spacial score (nSPS) is 11.9. The Balaban J connectivity index is 3.90. The molecule has 0 aromatic heterocycles. The lowest BCUT2D eigenvalue weighted by atomic mass is 11.7. The fraction of sp³-hybridized carbons (Fsp3) is 0. The summed E-state index contributed by atoms with van der Waals surface area (Å²) in [5.41, 5.74) is 0. The minimum atomic E-state index is -1.49. The molecule has 0 fully saturated rings. The monoisotopic (exact) mass is 134 g/mol. The highest BCUT2D eigenvalue weighted by molar-refractivity contribution is 8.15. The predicted octanol–water partition coefficient (Wildman–Crippen LogP) is 0.691. The van der Waals surface area contributed by atoms with E-state index in [0.29, 0.717) is 0 Å². The third-order valence-electron chi connectivity index (χ3n) is 0.266. The van der Waals surface area contributed by atoms with E-state index in [1.54, 1.807) is 0 Å². The molecule has 0 aromatic carbocycles. The van der Waals surface area contributed by atoms with Gasteiger partial charge in [-0.05, 0) is 12.2 Å². The molecule has 38 valence electrons. The van der Waals surface area contributed by atoms with E-state index in [1.165, 1.54) is 5.40 Å². The summed E-state index contributed by atoms with van der Waals surface area (Å²) in [6.07, 6.45) is 0. The number of hydrogen-bond acceptors (Lipinski definition) is 3. The van der Waals surface area contributed by atoms with Crippen LogP contribution in [0.2, 0.25) is 0 Å². The zero-order valence-corrected chi connectivity index (χ0v) is 4.84. The summed E-state index contributed by atoms with van der Waals surface area (Å²) in [5, 5.41) is 17.5. The SMILES string of the molecule is N#CS(=N)C(O)=S. The minimum Gasteiger partial charge on any atom is -0.493 e. The van der Waals surface area contributed by atoms with Crippen molar-refractivity contribution in [3.63, 3.8) is 0 Å². The van der Waals surface area contributed by atoms with Gasteiger partial charge in [-0.3, -0.25) is 4.78 Å². The molecule has 0 spiro atoms. The Labute approximate surface area is 48.5 Å². The van der Waals surface area contributed by atoms with Gasteiger partial charge >= 0.3 is 0 Å². The van der Waals surface area contributed by atoms with Crippen LogP contribution in [0.25, 0.3) is 0 Å². The molecule has 0 radical (unpaired) electrons. The molecule has 0 aromatic rings. The zero-order valence-electron chi connectivity index (χ0n) is 3.21. The van der Waals surface area contributed by atoms with Crippen LogP contribution in [0.4, 0.5) is 0 Å². The van der Waals surface area contributed by atoms with Gasteiger partial charge in [0, 0.05) is 0 Å². The molecule has 0 rings (SSSR count). The second-order valence-electron chi connectivity index (χ2n) is 0.663. The van der Waals surface area contributed by atoms with Crippen molar-refractivity contribution in [1.82, 2.24) is 0 Å². The maximum atomic E-state index is 8.15. The lowest BCUT2D eigenvalue weighted by Gasteiger charge is -1.81. The Hall–Kier alpha value is -0.470. The maximum Gasteiger partial charge on any atom is 0.242 e. The van der Waals surface area contributed by atoms with Gasteiger partial charge < -0.3 is 5.11 Å². The average Bonchev–Trinajstić information content (AvgIpc) is 1.65. The van der Waals surface area contributed by atoms with Gasteiger partial charge in [0.15, 0.2) is 5.40 Å². The Morgan fingerprint density at radius 3 is 2.43 bits per heavy atom. The molecule has 0 bridgehead atoms. The van der Waals surface area contributed by atoms with Crippen LogP contribution >= 0.6 is 12.2 Å². The van der Waals surface area contributed by atoms with E-state index in [1.807, 2.05) is 0 Å². The number of nitrogens with one attached hydrogen (secondary N) is 1. The summed E-state index contributed by atoms with van der Waals surface area (Å²) in [5.74, 6) is 0. The van der Waals surface area contributed by atoms with Gasteiger partial charge in [-0.25, -0.2) is 0 Å². The van der Waals surface area contributed by atoms with Crippen molar-refractivity contribution >= 4 is 27.3 Å². The zero-order chi connectivity index (χ0) is 5.86. The maximum absolute atomic E-state index is 8.15. The van der Waals surface area contributed by atoms with E-state index in [4.69, 9.17) is 15.1 Å². The number of aliphatic hydroxyl groups is 1. The van der Waals surface area contributed by atoms with Crippen molar-refractivity contribution in [3.8, 4) is 5.40 Å². The predicted molar refractivity (Wildman–Crippen MR) is 30.9 cm³/mol. The van der Waals surface area contributed by atoms with Crippen LogP contribution in [0.5, 0.6) is 0 Å². The van der Waals surface area contributed by atoms with Gasteiger partial charge in [0.2, 0.25) is 4.38 Å². The van der Waals surface area contributed by atoms with E-state index in [-0.39, 0.29) is 0 Å². The van der Waals surface area contributed by atoms with Gasteiger partial charge in [0.1, 0.15) is 0 Å². The molecule has 0 aliphatic heterocycles. The molecule has 7 heavy (non-hydrogen) atoms. The second-order valence-corrected chi connectivity index (χ2v) is 2.49. The Morgan fingerprint density at radius 1 is 2.00 bits per heavy atom. The largest absolute Gasteiger partial charge is 0.493 e. The van der Waals surface area contributed by atoms with Gasteiger partial charge in [-0.1, -0.05) is 0 Å².